The number of carbonyl (C=O) groups is 1. The summed E-state index contributed by atoms with van der Waals surface area (Å²) in [4.78, 5) is 12.8. The van der Waals surface area contributed by atoms with Crippen LogP contribution in [-0.2, 0) is 20.6 Å². The number of rotatable bonds is 6. The SMILES string of the molecule is Cc1ccc(C(C)NC(=O)C2CCN(S(=O)(=O)Cc3c(Cl)cccc3Cl)CC2)c(C)c1. The Morgan fingerprint density at radius 2 is 1.74 bits per heavy atom. The average Bonchev–Trinajstić information content (AvgIpc) is 2.71. The van der Waals surface area contributed by atoms with Crippen molar-refractivity contribution < 1.29 is 13.2 Å². The van der Waals surface area contributed by atoms with Crippen LogP contribution in [0.2, 0.25) is 10.0 Å². The van der Waals surface area contributed by atoms with Crippen molar-refractivity contribution in [3.05, 3.63) is 68.7 Å². The summed E-state index contributed by atoms with van der Waals surface area (Å²) in [5.74, 6) is -0.478. The molecule has 0 aromatic heterocycles. The number of sulfonamides is 1. The van der Waals surface area contributed by atoms with E-state index in [4.69, 9.17) is 23.2 Å². The lowest BCUT2D eigenvalue weighted by molar-refractivity contribution is -0.126. The molecule has 168 valence electrons. The number of piperidine rings is 1. The second-order valence-corrected chi connectivity index (χ2v) is 11.0. The van der Waals surface area contributed by atoms with Gasteiger partial charge in [0.1, 0.15) is 0 Å². The summed E-state index contributed by atoms with van der Waals surface area (Å²) in [6.45, 7) is 6.67. The molecule has 0 saturated carbocycles. The second-order valence-electron chi connectivity index (χ2n) is 8.22. The molecular weight excluding hydrogens is 455 g/mol. The van der Waals surface area contributed by atoms with Crippen LogP contribution in [0.4, 0.5) is 0 Å². The van der Waals surface area contributed by atoms with E-state index in [-0.39, 0.29) is 23.6 Å². The van der Waals surface area contributed by atoms with Crippen molar-refractivity contribution in [2.24, 2.45) is 5.92 Å². The molecule has 5 nitrogen and oxygen atoms in total. The Morgan fingerprint density at radius 1 is 1.13 bits per heavy atom. The maximum absolute atomic E-state index is 12.9. The monoisotopic (exact) mass is 482 g/mol. The number of hydrogen-bond acceptors (Lipinski definition) is 3. The van der Waals surface area contributed by atoms with Gasteiger partial charge in [-0.1, -0.05) is 53.0 Å². The van der Waals surface area contributed by atoms with Crippen LogP contribution >= 0.6 is 23.2 Å². The van der Waals surface area contributed by atoms with Gasteiger partial charge in [0, 0.05) is 34.6 Å². The van der Waals surface area contributed by atoms with Crippen molar-refractivity contribution in [2.75, 3.05) is 13.1 Å². The standard InChI is InChI=1S/C23H28Cl2N2O3S/c1-15-7-8-19(16(2)13-15)17(3)26-23(28)18-9-11-27(12-10-18)31(29,30)14-20-21(24)5-4-6-22(20)25/h4-8,13,17-18H,9-12,14H2,1-3H3,(H,26,28). The smallest absolute Gasteiger partial charge is 0.223 e. The molecule has 0 bridgehead atoms. The first-order valence-corrected chi connectivity index (χ1v) is 12.7. The summed E-state index contributed by atoms with van der Waals surface area (Å²) in [5.41, 5.74) is 3.84. The van der Waals surface area contributed by atoms with Crippen molar-refractivity contribution in [2.45, 2.75) is 45.4 Å². The molecule has 1 heterocycles. The van der Waals surface area contributed by atoms with E-state index in [0.717, 1.165) is 11.1 Å². The highest BCUT2D eigenvalue weighted by Gasteiger charge is 2.32. The molecule has 1 aliphatic heterocycles. The van der Waals surface area contributed by atoms with Crippen LogP contribution < -0.4 is 5.32 Å². The van der Waals surface area contributed by atoms with Gasteiger partial charge in [0.25, 0.3) is 0 Å². The van der Waals surface area contributed by atoms with E-state index in [1.54, 1.807) is 18.2 Å². The first-order chi connectivity index (χ1) is 14.6. The van der Waals surface area contributed by atoms with Gasteiger partial charge in [-0.15, -0.1) is 0 Å². The van der Waals surface area contributed by atoms with Crippen molar-refractivity contribution in [3.63, 3.8) is 0 Å². The minimum atomic E-state index is -3.57. The van der Waals surface area contributed by atoms with E-state index in [1.807, 2.05) is 32.9 Å². The molecule has 1 aliphatic rings. The van der Waals surface area contributed by atoms with Crippen molar-refractivity contribution in [1.29, 1.82) is 0 Å². The number of nitrogens with one attached hydrogen (secondary N) is 1. The molecule has 1 saturated heterocycles. The quantitative estimate of drug-likeness (QED) is 0.627. The van der Waals surface area contributed by atoms with Gasteiger partial charge in [0.2, 0.25) is 15.9 Å². The molecular formula is C23H28Cl2N2O3S. The van der Waals surface area contributed by atoms with E-state index < -0.39 is 10.0 Å². The highest BCUT2D eigenvalue weighted by atomic mass is 35.5. The van der Waals surface area contributed by atoms with E-state index in [2.05, 4.69) is 11.4 Å². The molecule has 2 aromatic carbocycles. The van der Waals surface area contributed by atoms with Gasteiger partial charge in [-0.2, -0.15) is 0 Å². The largest absolute Gasteiger partial charge is 0.349 e. The highest BCUT2D eigenvalue weighted by molar-refractivity contribution is 7.88. The van der Waals surface area contributed by atoms with Gasteiger partial charge in [-0.3, -0.25) is 4.79 Å². The molecule has 3 rings (SSSR count). The minimum absolute atomic E-state index is 0.0290. The third-order valence-corrected chi connectivity index (χ3v) is 8.37. The number of benzene rings is 2. The van der Waals surface area contributed by atoms with E-state index >= 15 is 0 Å². The van der Waals surface area contributed by atoms with Crippen molar-refractivity contribution in [1.82, 2.24) is 9.62 Å². The Morgan fingerprint density at radius 3 is 2.32 bits per heavy atom. The number of hydrogen-bond donors (Lipinski definition) is 1. The van der Waals surface area contributed by atoms with Gasteiger partial charge in [-0.25, -0.2) is 12.7 Å². The normalized spacial score (nSPS) is 16.8. The molecule has 1 atom stereocenters. The fraction of sp³-hybridized carbons (Fsp3) is 0.435. The average molecular weight is 483 g/mol. The molecule has 0 radical (unpaired) electrons. The predicted octanol–water partition coefficient (Wildman–Crippen LogP) is 5.03. The van der Waals surface area contributed by atoms with Crippen LogP contribution in [0.1, 0.15) is 48.1 Å². The summed E-state index contributed by atoms with van der Waals surface area (Å²) >= 11 is 12.3. The van der Waals surface area contributed by atoms with E-state index in [9.17, 15) is 13.2 Å². The Kier molecular flexibility index (Phi) is 7.68. The summed E-state index contributed by atoms with van der Waals surface area (Å²) in [6, 6.07) is 11.0. The zero-order chi connectivity index (χ0) is 22.8. The molecule has 31 heavy (non-hydrogen) atoms. The fourth-order valence-electron chi connectivity index (χ4n) is 4.06. The molecule has 2 aromatic rings. The van der Waals surface area contributed by atoms with Gasteiger partial charge in [0.05, 0.1) is 11.8 Å². The maximum Gasteiger partial charge on any atom is 0.223 e. The second kappa shape index (κ2) is 9.90. The Balaban J connectivity index is 1.59. The van der Waals surface area contributed by atoms with Crippen molar-refractivity contribution in [3.8, 4) is 0 Å². The fourth-order valence-corrected chi connectivity index (χ4v) is 6.38. The molecule has 0 aliphatic carbocycles. The first-order valence-electron chi connectivity index (χ1n) is 10.4. The van der Waals surface area contributed by atoms with Gasteiger partial charge < -0.3 is 5.32 Å². The Hall–Kier alpha value is -1.60. The molecule has 0 spiro atoms. The van der Waals surface area contributed by atoms with Gasteiger partial charge in [-0.05, 0) is 56.9 Å². The third kappa shape index (κ3) is 5.80. The highest BCUT2D eigenvalue weighted by Crippen LogP contribution is 2.29. The summed E-state index contributed by atoms with van der Waals surface area (Å²) in [5, 5.41) is 3.77. The summed E-state index contributed by atoms with van der Waals surface area (Å²) in [6.07, 6.45) is 0.974. The number of halogens is 2. The van der Waals surface area contributed by atoms with Gasteiger partial charge >= 0.3 is 0 Å². The van der Waals surface area contributed by atoms with Gasteiger partial charge in [0.15, 0.2) is 0 Å². The minimum Gasteiger partial charge on any atom is -0.349 e. The molecule has 1 N–H and O–H groups in total. The number of amides is 1. The maximum atomic E-state index is 12.9. The lowest BCUT2D eigenvalue weighted by Gasteiger charge is -2.31. The zero-order valence-electron chi connectivity index (χ0n) is 18.0. The summed E-state index contributed by atoms with van der Waals surface area (Å²) in [7, 11) is -3.57. The lowest BCUT2D eigenvalue weighted by Crippen LogP contribution is -2.43. The van der Waals surface area contributed by atoms with Crippen LogP contribution in [0.5, 0.6) is 0 Å². The zero-order valence-corrected chi connectivity index (χ0v) is 20.3. The predicted molar refractivity (Wildman–Crippen MR) is 126 cm³/mol. The number of carbonyl (C=O) groups excluding carboxylic acids is 1. The van der Waals surface area contributed by atoms with Crippen LogP contribution in [0.3, 0.4) is 0 Å². The van der Waals surface area contributed by atoms with Crippen LogP contribution in [0.15, 0.2) is 36.4 Å². The number of aryl methyl sites for hydroxylation is 2. The third-order valence-electron chi connectivity index (χ3n) is 5.86. The topological polar surface area (TPSA) is 66.5 Å². The molecule has 8 heteroatoms. The molecule has 1 unspecified atom stereocenters. The van der Waals surface area contributed by atoms with Crippen LogP contribution in [-0.4, -0.2) is 31.7 Å². The van der Waals surface area contributed by atoms with Crippen LogP contribution in [0.25, 0.3) is 0 Å². The Labute approximate surface area is 194 Å². The first kappa shape index (κ1) is 24.1. The number of nitrogens with zero attached hydrogens (tertiary/aromatic N) is 1. The van der Waals surface area contributed by atoms with Crippen molar-refractivity contribution >= 4 is 39.1 Å². The van der Waals surface area contributed by atoms with E-state index in [0.29, 0.717) is 41.5 Å². The Bertz CT molecular complexity index is 1040. The molecule has 1 amide bonds. The molecule has 1 fully saturated rings. The van der Waals surface area contributed by atoms with E-state index in [1.165, 1.54) is 9.87 Å². The lowest BCUT2D eigenvalue weighted by atomic mass is 9.95. The summed E-state index contributed by atoms with van der Waals surface area (Å²) < 4.78 is 27.2. The van der Waals surface area contributed by atoms with Crippen LogP contribution in [0, 0.1) is 19.8 Å².